The molecule has 29 heavy (non-hydrogen) atoms. The van der Waals surface area contributed by atoms with E-state index in [4.69, 9.17) is 11.6 Å². The van der Waals surface area contributed by atoms with Gasteiger partial charge in [0.1, 0.15) is 0 Å². The second-order valence-corrected chi connectivity index (χ2v) is 8.00. The molecule has 1 aliphatic heterocycles. The van der Waals surface area contributed by atoms with Gasteiger partial charge in [-0.25, -0.2) is 9.97 Å². The lowest BCUT2D eigenvalue weighted by atomic mass is 9.64. The maximum Gasteiger partial charge on any atom is 0.225 e. The molecule has 6 nitrogen and oxygen atoms in total. The van der Waals surface area contributed by atoms with Crippen LogP contribution in [0.15, 0.2) is 47.7 Å². The van der Waals surface area contributed by atoms with Crippen LogP contribution < -0.4 is 10.2 Å². The van der Waals surface area contributed by atoms with Crippen LogP contribution in [0, 0.1) is 0 Å². The first-order chi connectivity index (χ1) is 13.7. The number of hydrogen-bond donors (Lipinski definition) is 1. The van der Waals surface area contributed by atoms with Gasteiger partial charge in [-0.3, -0.25) is 4.99 Å². The maximum absolute atomic E-state index is 6.08. The third kappa shape index (κ3) is 4.94. The van der Waals surface area contributed by atoms with Crippen molar-refractivity contribution in [2.45, 2.75) is 24.7 Å². The highest BCUT2D eigenvalue weighted by atomic mass is 127. The third-order valence-electron chi connectivity index (χ3n) is 5.98. The molecule has 0 amide bonds. The lowest BCUT2D eigenvalue weighted by Crippen LogP contribution is -2.55. The van der Waals surface area contributed by atoms with Crippen LogP contribution in [0.4, 0.5) is 5.95 Å². The second kappa shape index (κ2) is 9.93. The molecule has 0 spiro atoms. The van der Waals surface area contributed by atoms with E-state index in [1.54, 1.807) is 12.4 Å². The number of nitrogens with one attached hydrogen (secondary N) is 1. The molecule has 0 atom stereocenters. The van der Waals surface area contributed by atoms with Gasteiger partial charge in [-0.2, -0.15) is 0 Å². The summed E-state index contributed by atoms with van der Waals surface area (Å²) < 4.78 is 0. The Hall–Kier alpha value is -1.61. The highest BCUT2D eigenvalue weighted by molar-refractivity contribution is 14.0. The number of benzene rings is 1. The van der Waals surface area contributed by atoms with Crippen LogP contribution in [0.3, 0.4) is 0 Å². The summed E-state index contributed by atoms with van der Waals surface area (Å²) in [7, 11) is 1.87. The van der Waals surface area contributed by atoms with Gasteiger partial charge in [0, 0.05) is 62.6 Å². The number of anilines is 1. The topological polar surface area (TPSA) is 56.7 Å². The molecule has 2 aromatic rings. The van der Waals surface area contributed by atoms with Crippen molar-refractivity contribution < 1.29 is 0 Å². The summed E-state index contributed by atoms with van der Waals surface area (Å²) in [6, 6.07) is 10.2. The molecule has 156 valence electrons. The predicted molar refractivity (Wildman–Crippen MR) is 130 cm³/mol. The fourth-order valence-electron chi connectivity index (χ4n) is 4.13. The molecule has 1 N–H and O–H groups in total. The molecular formula is C21H28ClIN6. The summed E-state index contributed by atoms with van der Waals surface area (Å²) in [4.78, 5) is 17.8. The van der Waals surface area contributed by atoms with E-state index in [0.717, 1.165) is 49.7 Å². The molecule has 2 aliphatic rings. The number of hydrogen-bond acceptors (Lipinski definition) is 4. The number of rotatable bonds is 4. The Morgan fingerprint density at radius 1 is 1.10 bits per heavy atom. The summed E-state index contributed by atoms with van der Waals surface area (Å²) in [6.45, 7) is 4.52. The molecule has 4 rings (SSSR count). The van der Waals surface area contributed by atoms with Crippen LogP contribution in [0.5, 0.6) is 0 Å². The number of guanidine groups is 1. The Morgan fingerprint density at radius 3 is 2.31 bits per heavy atom. The van der Waals surface area contributed by atoms with Gasteiger partial charge >= 0.3 is 0 Å². The van der Waals surface area contributed by atoms with Crippen molar-refractivity contribution >= 4 is 47.5 Å². The average molecular weight is 527 g/mol. The standard InChI is InChI=1S/C21H27ClN6.HI/c1-23-19(27-12-14-28(15-13-27)20-24-10-3-11-25-20)26-16-21(8-2-9-21)17-4-6-18(22)7-5-17;/h3-7,10-11H,2,8-9,12-16H2,1H3,(H,23,26);1H. The fraction of sp³-hybridized carbons (Fsp3) is 0.476. The summed E-state index contributed by atoms with van der Waals surface area (Å²) in [6.07, 6.45) is 7.28. The molecule has 1 saturated carbocycles. The van der Waals surface area contributed by atoms with Gasteiger partial charge in [0.25, 0.3) is 0 Å². The SMILES string of the molecule is CN=C(NCC1(c2ccc(Cl)cc2)CCC1)N1CCN(c2ncccn2)CC1.I. The summed E-state index contributed by atoms with van der Waals surface area (Å²) in [5, 5.41) is 4.44. The average Bonchev–Trinajstić information content (AvgIpc) is 2.72. The zero-order valence-corrected chi connectivity index (χ0v) is 19.8. The Balaban J connectivity index is 0.00000240. The van der Waals surface area contributed by atoms with Crippen LogP contribution >= 0.6 is 35.6 Å². The largest absolute Gasteiger partial charge is 0.355 e. The van der Waals surface area contributed by atoms with Gasteiger partial charge in [-0.05, 0) is 36.6 Å². The number of aliphatic imine (C=N–C) groups is 1. The molecule has 2 fully saturated rings. The van der Waals surface area contributed by atoms with E-state index in [0.29, 0.717) is 0 Å². The minimum Gasteiger partial charge on any atom is -0.355 e. The first-order valence-electron chi connectivity index (χ1n) is 9.94. The molecule has 1 aromatic heterocycles. The van der Waals surface area contributed by atoms with Crippen LogP contribution in [0.1, 0.15) is 24.8 Å². The quantitative estimate of drug-likeness (QED) is 0.375. The highest BCUT2D eigenvalue weighted by Crippen LogP contribution is 2.43. The van der Waals surface area contributed by atoms with Crippen molar-refractivity contribution in [3.8, 4) is 0 Å². The lowest BCUT2D eigenvalue weighted by Gasteiger charge is -2.44. The van der Waals surface area contributed by atoms with E-state index in [9.17, 15) is 0 Å². The number of aromatic nitrogens is 2. The molecule has 8 heteroatoms. The first-order valence-corrected chi connectivity index (χ1v) is 10.3. The molecule has 2 heterocycles. The van der Waals surface area contributed by atoms with Crippen molar-refractivity contribution in [2.75, 3.05) is 44.7 Å². The zero-order valence-electron chi connectivity index (χ0n) is 16.7. The molecule has 1 saturated heterocycles. The van der Waals surface area contributed by atoms with Gasteiger partial charge < -0.3 is 15.1 Å². The van der Waals surface area contributed by atoms with Crippen LogP contribution in [-0.2, 0) is 5.41 Å². The lowest BCUT2D eigenvalue weighted by molar-refractivity contribution is 0.240. The molecule has 1 aromatic carbocycles. The Morgan fingerprint density at radius 2 is 1.76 bits per heavy atom. The molecular weight excluding hydrogens is 499 g/mol. The smallest absolute Gasteiger partial charge is 0.225 e. The van der Waals surface area contributed by atoms with E-state index >= 15 is 0 Å². The molecule has 0 bridgehead atoms. The Labute approximate surface area is 194 Å². The van der Waals surface area contributed by atoms with Gasteiger partial charge in [0.2, 0.25) is 5.95 Å². The van der Waals surface area contributed by atoms with E-state index in [1.165, 1.54) is 24.8 Å². The predicted octanol–water partition coefficient (Wildman–Crippen LogP) is 3.57. The van der Waals surface area contributed by atoms with Crippen molar-refractivity contribution in [3.05, 3.63) is 53.3 Å². The van der Waals surface area contributed by atoms with Crippen molar-refractivity contribution in [2.24, 2.45) is 4.99 Å². The zero-order chi connectivity index (χ0) is 19.4. The van der Waals surface area contributed by atoms with Gasteiger partial charge in [-0.1, -0.05) is 30.2 Å². The van der Waals surface area contributed by atoms with Crippen LogP contribution in [0.25, 0.3) is 0 Å². The van der Waals surface area contributed by atoms with E-state index in [-0.39, 0.29) is 29.4 Å². The fourth-order valence-corrected chi connectivity index (χ4v) is 4.25. The Bertz CT molecular complexity index is 802. The van der Waals surface area contributed by atoms with E-state index < -0.39 is 0 Å². The maximum atomic E-state index is 6.08. The monoisotopic (exact) mass is 526 g/mol. The molecule has 0 radical (unpaired) electrons. The van der Waals surface area contributed by atoms with Crippen molar-refractivity contribution in [1.29, 1.82) is 0 Å². The Kier molecular flexibility index (Phi) is 7.56. The molecule has 0 unspecified atom stereocenters. The normalized spacial score (nSPS) is 18.6. The summed E-state index contributed by atoms with van der Waals surface area (Å²) in [5.74, 6) is 1.79. The van der Waals surface area contributed by atoms with E-state index in [2.05, 4.69) is 42.2 Å². The van der Waals surface area contributed by atoms with Crippen molar-refractivity contribution in [1.82, 2.24) is 20.2 Å². The number of nitrogens with zero attached hydrogens (tertiary/aromatic N) is 5. The number of halogens is 2. The highest BCUT2D eigenvalue weighted by Gasteiger charge is 2.39. The van der Waals surface area contributed by atoms with Gasteiger partial charge in [-0.15, -0.1) is 24.0 Å². The minimum absolute atomic E-state index is 0. The van der Waals surface area contributed by atoms with Crippen LogP contribution in [0.2, 0.25) is 5.02 Å². The minimum atomic E-state index is 0. The van der Waals surface area contributed by atoms with Crippen molar-refractivity contribution in [3.63, 3.8) is 0 Å². The van der Waals surface area contributed by atoms with Gasteiger partial charge in [0.05, 0.1) is 0 Å². The van der Waals surface area contributed by atoms with Crippen LogP contribution in [-0.4, -0.2) is 60.6 Å². The van der Waals surface area contributed by atoms with Gasteiger partial charge in [0.15, 0.2) is 5.96 Å². The summed E-state index contributed by atoms with van der Waals surface area (Å²) >= 11 is 6.08. The first kappa shape index (κ1) is 22.1. The second-order valence-electron chi connectivity index (χ2n) is 7.56. The third-order valence-corrected chi connectivity index (χ3v) is 6.23. The summed E-state index contributed by atoms with van der Waals surface area (Å²) in [5.41, 5.74) is 1.57. The molecule has 1 aliphatic carbocycles. The number of piperazine rings is 1. The van der Waals surface area contributed by atoms with E-state index in [1.807, 2.05) is 25.2 Å².